The molecule has 3 N–H and O–H groups in total. The van der Waals surface area contributed by atoms with Gasteiger partial charge >= 0.3 is 6.03 Å². The number of rotatable bonds is 5. The van der Waals surface area contributed by atoms with Crippen molar-refractivity contribution in [3.63, 3.8) is 0 Å². The molecule has 5 heteroatoms. The lowest BCUT2D eigenvalue weighted by Crippen LogP contribution is -2.49. The molecule has 4 bridgehead atoms. The van der Waals surface area contributed by atoms with Gasteiger partial charge in [0.2, 0.25) is 5.91 Å². The molecule has 0 saturated heterocycles. The molecule has 0 radical (unpaired) electrons. The molecule has 1 aromatic carbocycles. The predicted molar refractivity (Wildman–Crippen MR) is 103 cm³/mol. The molecule has 0 atom stereocenters. The van der Waals surface area contributed by atoms with E-state index in [9.17, 15) is 9.59 Å². The minimum atomic E-state index is -0.268. The number of anilines is 2. The Morgan fingerprint density at radius 3 is 2.00 bits per heavy atom. The molecule has 4 saturated carbocycles. The van der Waals surface area contributed by atoms with Gasteiger partial charge in [-0.05, 0) is 80.0 Å². The lowest BCUT2D eigenvalue weighted by atomic mass is 9.51. The van der Waals surface area contributed by atoms with E-state index in [1.165, 1.54) is 32.1 Å². The molecular weight excluding hydrogens is 326 g/mol. The zero-order valence-electron chi connectivity index (χ0n) is 15.0. The first-order valence-corrected chi connectivity index (χ1v) is 9.69. The molecule has 0 heterocycles. The molecule has 0 unspecified atom stereocenters. The second-order valence-electron chi connectivity index (χ2n) is 8.15. The number of carbonyl (C=O) groups is 2. The third-order valence-corrected chi connectivity index (χ3v) is 6.35. The van der Waals surface area contributed by atoms with Crippen LogP contribution in [0.25, 0.3) is 0 Å². The van der Waals surface area contributed by atoms with Gasteiger partial charge < -0.3 is 16.0 Å². The molecule has 4 fully saturated rings. The highest BCUT2D eigenvalue weighted by Gasteiger charge is 2.50. The topological polar surface area (TPSA) is 70.2 Å². The fourth-order valence-electron chi connectivity index (χ4n) is 5.56. The molecule has 0 aromatic heterocycles. The van der Waals surface area contributed by atoms with Crippen molar-refractivity contribution in [1.29, 1.82) is 0 Å². The summed E-state index contributed by atoms with van der Waals surface area (Å²) in [5.74, 6) is 3.29. The van der Waals surface area contributed by atoms with Crippen LogP contribution in [0.15, 0.2) is 36.9 Å². The average molecular weight is 353 g/mol. The molecule has 4 aliphatic carbocycles. The van der Waals surface area contributed by atoms with Crippen LogP contribution < -0.4 is 16.0 Å². The molecular formula is C21H27N3O2. The average Bonchev–Trinajstić information content (AvgIpc) is 2.61. The van der Waals surface area contributed by atoms with Crippen LogP contribution in [0, 0.1) is 29.6 Å². The number of hydrogen-bond donors (Lipinski definition) is 3. The second-order valence-corrected chi connectivity index (χ2v) is 8.15. The van der Waals surface area contributed by atoms with Gasteiger partial charge in [0.1, 0.15) is 0 Å². The summed E-state index contributed by atoms with van der Waals surface area (Å²) in [4.78, 5) is 24.5. The van der Waals surface area contributed by atoms with E-state index < -0.39 is 0 Å². The lowest BCUT2D eigenvalue weighted by molar-refractivity contribution is -0.132. The van der Waals surface area contributed by atoms with Crippen molar-refractivity contribution in [3.05, 3.63) is 36.9 Å². The van der Waals surface area contributed by atoms with Crippen molar-refractivity contribution in [2.75, 3.05) is 17.2 Å². The van der Waals surface area contributed by atoms with Crippen LogP contribution in [0.2, 0.25) is 0 Å². The summed E-state index contributed by atoms with van der Waals surface area (Å²) in [6.45, 7) is 3.98. The third kappa shape index (κ3) is 3.48. The highest BCUT2D eigenvalue weighted by atomic mass is 16.2. The zero-order valence-corrected chi connectivity index (χ0v) is 15.0. The highest BCUT2D eigenvalue weighted by Crippen LogP contribution is 2.56. The number of nitrogens with one attached hydrogen (secondary N) is 3. The van der Waals surface area contributed by atoms with Crippen LogP contribution in [0.4, 0.5) is 16.2 Å². The van der Waals surface area contributed by atoms with Gasteiger partial charge in [-0.3, -0.25) is 4.79 Å². The number of urea groups is 1. The summed E-state index contributed by atoms with van der Waals surface area (Å²) in [5.41, 5.74) is 1.49. The SMILES string of the molecule is C=CCNC(=O)Nc1ccc(NC(=O)C2C3CC4CC(C3)CC2C4)cc1. The summed E-state index contributed by atoms with van der Waals surface area (Å²) in [6.07, 6.45) is 8.00. The van der Waals surface area contributed by atoms with Crippen LogP contribution in [-0.4, -0.2) is 18.5 Å². The summed E-state index contributed by atoms with van der Waals surface area (Å²) in [5, 5.41) is 8.52. The number of carbonyl (C=O) groups excluding carboxylic acids is 2. The third-order valence-electron chi connectivity index (χ3n) is 6.35. The van der Waals surface area contributed by atoms with Crippen LogP contribution in [0.1, 0.15) is 32.1 Å². The number of hydrogen-bond acceptors (Lipinski definition) is 2. The smallest absolute Gasteiger partial charge is 0.319 e. The Balaban J connectivity index is 1.35. The Bertz CT molecular complexity index is 670. The standard InChI is InChI=1S/C21H27N3O2/c1-2-7-22-21(26)24-18-5-3-17(4-6-18)23-20(25)19-15-9-13-8-14(11-15)12-16(19)10-13/h2-6,13-16,19H,1,7-12H2,(H,23,25)(H2,22,24,26). The van der Waals surface area contributed by atoms with Gasteiger partial charge in [-0.25, -0.2) is 4.79 Å². The van der Waals surface area contributed by atoms with E-state index in [0.29, 0.717) is 24.1 Å². The summed E-state index contributed by atoms with van der Waals surface area (Å²) < 4.78 is 0. The van der Waals surface area contributed by atoms with Gasteiger partial charge in [-0.15, -0.1) is 6.58 Å². The van der Waals surface area contributed by atoms with Gasteiger partial charge in [0, 0.05) is 23.8 Å². The first kappa shape index (κ1) is 17.1. The minimum Gasteiger partial charge on any atom is -0.334 e. The molecule has 1 aromatic rings. The van der Waals surface area contributed by atoms with Gasteiger partial charge in [-0.2, -0.15) is 0 Å². The van der Waals surface area contributed by atoms with E-state index in [1.54, 1.807) is 18.2 Å². The van der Waals surface area contributed by atoms with E-state index >= 15 is 0 Å². The first-order valence-electron chi connectivity index (χ1n) is 9.69. The maximum absolute atomic E-state index is 12.9. The molecule has 138 valence electrons. The van der Waals surface area contributed by atoms with Crippen molar-refractivity contribution < 1.29 is 9.59 Å². The van der Waals surface area contributed by atoms with E-state index in [1.807, 2.05) is 12.1 Å². The van der Waals surface area contributed by atoms with E-state index in [0.717, 1.165) is 17.5 Å². The van der Waals surface area contributed by atoms with Gasteiger partial charge in [-0.1, -0.05) is 6.08 Å². The number of benzene rings is 1. The highest BCUT2D eigenvalue weighted by molar-refractivity contribution is 5.94. The van der Waals surface area contributed by atoms with Crippen molar-refractivity contribution >= 4 is 23.3 Å². The summed E-state index contributed by atoms with van der Waals surface area (Å²) >= 11 is 0. The van der Waals surface area contributed by atoms with E-state index in [4.69, 9.17) is 0 Å². The summed E-state index contributed by atoms with van der Waals surface area (Å²) in [7, 11) is 0. The Labute approximate surface area is 154 Å². The Hall–Kier alpha value is -2.30. The van der Waals surface area contributed by atoms with Crippen LogP contribution in [-0.2, 0) is 4.79 Å². The van der Waals surface area contributed by atoms with Crippen molar-refractivity contribution in [1.82, 2.24) is 5.32 Å². The molecule has 0 spiro atoms. The Morgan fingerprint density at radius 2 is 1.46 bits per heavy atom. The monoisotopic (exact) mass is 353 g/mol. The maximum atomic E-state index is 12.9. The Morgan fingerprint density at radius 1 is 0.923 bits per heavy atom. The predicted octanol–water partition coefficient (Wildman–Crippen LogP) is 4.00. The van der Waals surface area contributed by atoms with Crippen molar-refractivity contribution in [2.45, 2.75) is 32.1 Å². The quantitative estimate of drug-likeness (QED) is 0.700. The molecule has 4 aliphatic rings. The zero-order chi connectivity index (χ0) is 18.1. The molecule has 26 heavy (non-hydrogen) atoms. The maximum Gasteiger partial charge on any atom is 0.319 e. The number of amides is 3. The molecule has 5 nitrogen and oxygen atoms in total. The first-order chi connectivity index (χ1) is 12.6. The van der Waals surface area contributed by atoms with Crippen LogP contribution in [0.3, 0.4) is 0 Å². The second kappa shape index (κ2) is 7.14. The fraction of sp³-hybridized carbons (Fsp3) is 0.524. The molecule has 0 aliphatic heterocycles. The van der Waals surface area contributed by atoms with Crippen molar-refractivity contribution in [2.24, 2.45) is 29.6 Å². The largest absolute Gasteiger partial charge is 0.334 e. The normalized spacial score (nSPS) is 31.3. The van der Waals surface area contributed by atoms with E-state index in [2.05, 4.69) is 22.5 Å². The van der Waals surface area contributed by atoms with Gasteiger partial charge in [0.05, 0.1) is 0 Å². The lowest BCUT2D eigenvalue weighted by Gasteiger charge is -2.53. The molecule has 3 amide bonds. The summed E-state index contributed by atoms with van der Waals surface area (Å²) in [6, 6.07) is 7.03. The van der Waals surface area contributed by atoms with Crippen LogP contribution in [0.5, 0.6) is 0 Å². The van der Waals surface area contributed by atoms with Gasteiger partial charge in [0.15, 0.2) is 0 Å². The Kier molecular flexibility index (Phi) is 4.70. The van der Waals surface area contributed by atoms with Gasteiger partial charge in [0.25, 0.3) is 0 Å². The minimum absolute atomic E-state index is 0.184. The fourth-order valence-corrected chi connectivity index (χ4v) is 5.56. The van der Waals surface area contributed by atoms with Crippen molar-refractivity contribution in [3.8, 4) is 0 Å². The van der Waals surface area contributed by atoms with E-state index in [-0.39, 0.29) is 17.9 Å². The molecule has 5 rings (SSSR count). The van der Waals surface area contributed by atoms with Crippen LogP contribution >= 0.6 is 0 Å².